The topological polar surface area (TPSA) is 64.3 Å². The number of carbonyl (C=O) groups is 1. The van der Waals surface area contributed by atoms with Crippen LogP contribution in [0.25, 0.3) is 0 Å². The van der Waals surface area contributed by atoms with Gasteiger partial charge in [-0.1, -0.05) is 30.3 Å². The Morgan fingerprint density at radius 1 is 1.22 bits per heavy atom. The van der Waals surface area contributed by atoms with Crippen molar-refractivity contribution in [1.29, 1.82) is 0 Å². The number of hydrogen-bond acceptors (Lipinski definition) is 3. The first-order chi connectivity index (χ1) is 8.74. The summed E-state index contributed by atoms with van der Waals surface area (Å²) in [5, 5.41) is 0. The lowest BCUT2D eigenvalue weighted by molar-refractivity contribution is -0.139. The van der Waals surface area contributed by atoms with Crippen molar-refractivity contribution in [2.24, 2.45) is 5.73 Å². The molecule has 0 atom stereocenters. The van der Waals surface area contributed by atoms with Gasteiger partial charge in [-0.25, -0.2) is 5.48 Å². The first-order valence-corrected chi connectivity index (χ1v) is 6.48. The lowest BCUT2D eigenvalue weighted by Crippen LogP contribution is -2.36. The summed E-state index contributed by atoms with van der Waals surface area (Å²) in [7, 11) is 0. The fraction of sp³-hybridized carbons (Fsp3) is 0.500. The SMILES string of the molecule is NC1CCC(ONC(=O)Cc2ccccc2)CC1. The predicted molar refractivity (Wildman–Crippen MR) is 69.6 cm³/mol. The second kappa shape index (κ2) is 6.52. The summed E-state index contributed by atoms with van der Waals surface area (Å²) in [6, 6.07) is 9.93. The molecule has 0 spiro atoms. The van der Waals surface area contributed by atoms with E-state index in [1.54, 1.807) is 0 Å². The molecule has 98 valence electrons. The summed E-state index contributed by atoms with van der Waals surface area (Å²) >= 11 is 0. The molecule has 0 saturated heterocycles. The minimum Gasteiger partial charge on any atom is -0.328 e. The lowest BCUT2D eigenvalue weighted by atomic mass is 9.94. The van der Waals surface area contributed by atoms with Crippen molar-refractivity contribution in [3.63, 3.8) is 0 Å². The quantitative estimate of drug-likeness (QED) is 0.794. The molecule has 0 unspecified atom stereocenters. The normalized spacial score (nSPS) is 23.6. The minimum atomic E-state index is -0.101. The Kier molecular flexibility index (Phi) is 4.73. The highest BCUT2D eigenvalue weighted by atomic mass is 16.7. The maximum atomic E-state index is 11.7. The van der Waals surface area contributed by atoms with Crippen molar-refractivity contribution < 1.29 is 9.63 Å². The largest absolute Gasteiger partial charge is 0.328 e. The Balaban J connectivity index is 1.69. The second-order valence-corrected chi connectivity index (χ2v) is 4.84. The Morgan fingerprint density at radius 2 is 1.89 bits per heavy atom. The Labute approximate surface area is 107 Å². The van der Waals surface area contributed by atoms with E-state index in [1.807, 2.05) is 30.3 Å². The van der Waals surface area contributed by atoms with Gasteiger partial charge in [0.1, 0.15) is 0 Å². The number of nitrogens with one attached hydrogen (secondary N) is 1. The van der Waals surface area contributed by atoms with Crippen LogP contribution in [0.2, 0.25) is 0 Å². The summed E-state index contributed by atoms with van der Waals surface area (Å²) in [6.07, 6.45) is 4.26. The second-order valence-electron chi connectivity index (χ2n) is 4.84. The predicted octanol–water partition coefficient (Wildman–Crippen LogP) is 1.55. The molecule has 1 aromatic rings. The van der Waals surface area contributed by atoms with Gasteiger partial charge in [0.05, 0.1) is 12.5 Å². The molecule has 0 aromatic heterocycles. The van der Waals surface area contributed by atoms with Gasteiger partial charge in [-0.15, -0.1) is 0 Å². The van der Waals surface area contributed by atoms with Crippen LogP contribution in [0.3, 0.4) is 0 Å². The van der Waals surface area contributed by atoms with Crippen LogP contribution in [-0.4, -0.2) is 18.1 Å². The van der Waals surface area contributed by atoms with Crippen LogP contribution >= 0.6 is 0 Å². The van der Waals surface area contributed by atoms with Gasteiger partial charge in [-0.05, 0) is 31.2 Å². The monoisotopic (exact) mass is 248 g/mol. The molecule has 0 bridgehead atoms. The molecule has 4 heteroatoms. The fourth-order valence-corrected chi connectivity index (χ4v) is 2.17. The van der Waals surface area contributed by atoms with E-state index >= 15 is 0 Å². The minimum absolute atomic E-state index is 0.101. The average molecular weight is 248 g/mol. The van der Waals surface area contributed by atoms with E-state index in [9.17, 15) is 4.79 Å². The van der Waals surface area contributed by atoms with Crippen molar-refractivity contribution in [3.05, 3.63) is 35.9 Å². The summed E-state index contributed by atoms with van der Waals surface area (Å²) in [5.41, 5.74) is 9.34. The first-order valence-electron chi connectivity index (χ1n) is 6.48. The molecule has 1 aliphatic rings. The van der Waals surface area contributed by atoms with Gasteiger partial charge >= 0.3 is 0 Å². The molecular formula is C14H20N2O2. The number of benzene rings is 1. The first kappa shape index (κ1) is 13.1. The van der Waals surface area contributed by atoms with Crippen molar-refractivity contribution in [2.45, 2.75) is 44.2 Å². The molecule has 2 rings (SSSR count). The highest BCUT2D eigenvalue weighted by molar-refractivity contribution is 5.77. The highest BCUT2D eigenvalue weighted by Crippen LogP contribution is 2.18. The van der Waals surface area contributed by atoms with E-state index in [4.69, 9.17) is 10.6 Å². The molecule has 0 heterocycles. The van der Waals surface area contributed by atoms with E-state index in [-0.39, 0.29) is 12.0 Å². The Morgan fingerprint density at radius 3 is 2.56 bits per heavy atom. The van der Waals surface area contributed by atoms with Gasteiger partial charge < -0.3 is 5.73 Å². The number of hydroxylamine groups is 1. The van der Waals surface area contributed by atoms with Crippen LogP contribution in [0.5, 0.6) is 0 Å². The molecule has 0 aliphatic heterocycles. The van der Waals surface area contributed by atoms with Gasteiger partial charge in [0, 0.05) is 6.04 Å². The van der Waals surface area contributed by atoms with Crippen LogP contribution in [0.15, 0.2) is 30.3 Å². The van der Waals surface area contributed by atoms with E-state index < -0.39 is 0 Å². The van der Waals surface area contributed by atoms with Gasteiger partial charge in [0.25, 0.3) is 0 Å². The third-order valence-corrected chi connectivity index (χ3v) is 3.27. The highest BCUT2D eigenvalue weighted by Gasteiger charge is 2.19. The molecule has 1 fully saturated rings. The molecular weight excluding hydrogens is 228 g/mol. The fourth-order valence-electron chi connectivity index (χ4n) is 2.17. The maximum Gasteiger partial charge on any atom is 0.247 e. The van der Waals surface area contributed by atoms with Crippen LogP contribution in [0, 0.1) is 0 Å². The number of rotatable bonds is 4. The zero-order valence-corrected chi connectivity index (χ0v) is 10.5. The standard InChI is InChI=1S/C14H20N2O2/c15-12-6-8-13(9-7-12)18-16-14(17)10-11-4-2-1-3-5-11/h1-5,12-13H,6-10,15H2,(H,16,17). The van der Waals surface area contributed by atoms with Gasteiger partial charge in [0.2, 0.25) is 5.91 Å². The maximum absolute atomic E-state index is 11.7. The van der Waals surface area contributed by atoms with Crippen LogP contribution in [0.1, 0.15) is 31.2 Å². The summed E-state index contributed by atoms with van der Waals surface area (Å²) in [6.45, 7) is 0. The van der Waals surface area contributed by atoms with Crippen LogP contribution < -0.4 is 11.2 Å². The smallest absolute Gasteiger partial charge is 0.247 e. The van der Waals surface area contributed by atoms with Crippen molar-refractivity contribution in [1.82, 2.24) is 5.48 Å². The van der Waals surface area contributed by atoms with E-state index in [0.717, 1.165) is 31.2 Å². The Bertz CT molecular complexity index is 373. The van der Waals surface area contributed by atoms with Crippen LogP contribution in [0.4, 0.5) is 0 Å². The zero-order valence-electron chi connectivity index (χ0n) is 10.5. The number of amides is 1. The molecule has 3 N–H and O–H groups in total. The Hall–Kier alpha value is -1.39. The molecule has 18 heavy (non-hydrogen) atoms. The van der Waals surface area contributed by atoms with Crippen molar-refractivity contribution in [3.8, 4) is 0 Å². The summed E-state index contributed by atoms with van der Waals surface area (Å²) < 4.78 is 0. The van der Waals surface area contributed by atoms with Gasteiger partial charge in [0.15, 0.2) is 0 Å². The molecule has 4 nitrogen and oxygen atoms in total. The molecule has 0 radical (unpaired) electrons. The summed E-state index contributed by atoms with van der Waals surface area (Å²) in [4.78, 5) is 17.1. The van der Waals surface area contributed by atoms with E-state index in [1.165, 1.54) is 0 Å². The number of carbonyl (C=O) groups excluding carboxylic acids is 1. The molecule has 1 aliphatic carbocycles. The van der Waals surface area contributed by atoms with Gasteiger partial charge in [-0.2, -0.15) is 0 Å². The van der Waals surface area contributed by atoms with Gasteiger partial charge in [-0.3, -0.25) is 9.63 Å². The third kappa shape index (κ3) is 4.13. The number of hydrogen-bond donors (Lipinski definition) is 2. The van der Waals surface area contributed by atoms with E-state index in [0.29, 0.717) is 12.5 Å². The molecule has 1 aromatic carbocycles. The molecule has 1 saturated carbocycles. The molecule has 1 amide bonds. The third-order valence-electron chi connectivity index (χ3n) is 3.27. The average Bonchev–Trinajstić information content (AvgIpc) is 2.39. The lowest BCUT2D eigenvalue weighted by Gasteiger charge is -2.25. The van der Waals surface area contributed by atoms with Crippen molar-refractivity contribution >= 4 is 5.91 Å². The number of nitrogens with two attached hydrogens (primary N) is 1. The van der Waals surface area contributed by atoms with E-state index in [2.05, 4.69) is 5.48 Å². The van der Waals surface area contributed by atoms with Crippen molar-refractivity contribution in [2.75, 3.05) is 0 Å². The zero-order chi connectivity index (χ0) is 12.8. The van der Waals surface area contributed by atoms with Crippen LogP contribution in [-0.2, 0) is 16.1 Å². The summed E-state index contributed by atoms with van der Waals surface area (Å²) in [5.74, 6) is -0.101.